The largest absolute Gasteiger partial charge is 1.00 e. The van der Waals surface area contributed by atoms with E-state index in [0.29, 0.717) is 0 Å². The molecule has 0 radical (unpaired) electrons. The maximum atomic E-state index is 13.4. The average molecular weight is 458 g/mol. The van der Waals surface area contributed by atoms with Crippen LogP contribution in [0.3, 0.4) is 0 Å². The monoisotopic (exact) mass is 458 g/mol. The molecule has 4 aromatic rings. The lowest BCUT2D eigenvalue weighted by Gasteiger charge is -2.08. The van der Waals surface area contributed by atoms with Crippen molar-refractivity contribution in [3.8, 4) is 16.8 Å². The Labute approximate surface area is 169 Å². The topological polar surface area (TPSA) is 8.81 Å². The number of nitrogens with zero attached hydrogens (tertiary/aromatic N) is 2. The third-order valence-electron chi connectivity index (χ3n) is 4.71. The van der Waals surface area contributed by atoms with Crippen LogP contribution in [0.1, 0.15) is 11.3 Å². The first-order valence-electron chi connectivity index (χ1n) is 8.38. The molecule has 0 bridgehead atoms. The molecule has 0 saturated carbocycles. The lowest BCUT2D eigenvalue weighted by atomic mass is 10.0. The van der Waals surface area contributed by atoms with Gasteiger partial charge in [0.05, 0.1) is 11.2 Å². The van der Waals surface area contributed by atoms with Crippen LogP contribution in [0.5, 0.6) is 0 Å². The molecule has 2 nitrogen and oxygen atoms in total. The van der Waals surface area contributed by atoms with Crippen LogP contribution >= 0.6 is 0 Å². The fourth-order valence-corrected chi connectivity index (χ4v) is 3.49. The van der Waals surface area contributed by atoms with Gasteiger partial charge in [0.2, 0.25) is 0 Å². The Kier molecular flexibility index (Phi) is 5.14. The maximum Gasteiger partial charge on any atom is 0.170 e. The molecular formula is C22H20FIN2. The van der Waals surface area contributed by atoms with E-state index in [1.807, 2.05) is 36.1 Å². The Morgan fingerprint density at radius 1 is 0.885 bits per heavy atom. The Morgan fingerprint density at radius 3 is 2.19 bits per heavy atom. The number of hydrogen-bond acceptors (Lipinski definition) is 0. The number of aromatic nitrogens is 2. The van der Waals surface area contributed by atoms with Crippen LogP contribution in [0.15, 0.2) is 67.0 Å². The standard InChI is InChI=1S/C22H20FN2.HI/c1-15-4-9-21-20(14-15)22(17-5-7-18(23)8-6-17)16(2)25(21)19-10-12-24(3)13-11-19;/h4-14H,1-3H3;1H/q+1;/p-1. The first-order chi connectivity index (χ1) is 12.0. The van der Waals surface area contributed by atoms with Gasteiger partial charge in [0.25, 0.3) is 0 Å². The van der Waals surface area contributed by atoms with E-state index in [-0.39, 0.29) is 29.8 Å². The van der Waals surface area contributed by atoms with Gasteiger partial charge in [0.1, 0.15) is 12.9 Å². The van der Waals surface area contributed by atoms with Gasteiger partial charge in [0, 0.05) is 28.8 Å². The molecule has 0 saturated heterocycles. The fraction of sp³-hybridized carbons (Fsp3) is 0.136. The van der Waals surface area contributed by atoms with Crippen molar-refractivity contribution in [2.45, 2.75) is 13.8 Å². The van der Waals surface area contributed by atoms with Gasteiger partial charge >= 0.3 is 0 Å². The zero-order chi connectivity index (χ0) is 17.6. The van der Waals surface area contributed by atoms with Gasteiger partial charge in [0.15, 0.2) is 12.4 Å². The van der Waals surface area contributed by atoms with Crippen molar-refractivity contribution >= 4 is 10.9 Å². The molecule has 4 rings (SSSR count). The predicted molar refractivity (Wildman–Crippen MR) is 99.3 cm³/mol. The van der Waals surface area contributed by atoms with Crippen LogP contribution in [0.2, 0.25) is 0 Å². The highest BCUT2D eigenvalue weighted by atomic mass is 127. The summed E-state index contributed by atoms with van der Waals surface area (Å²) in [5, 5.41) is 1.19. The number of rotatable bonds is 2. The molecule has 0 aliphatic rings. The van der Waals surface area contributed by atoms with Gasteiger partial charge in [-0.25, -0.2) is 8.96 Å². The average Bonchev–Trinajstić information content (AvgIpc) is 2.88. The zero-order valence-corrected chi connectivity index (χ0v) is 17.2. The van der Waals surface area contributed by atoms with Crippen LogP contribution in [-0.2, 0) is 7.05 Å². The Balaban J connectivity index is 0.00000196. The normalized spacial score (nSPS) is 10.8. The second-order valence-corrected chi connectivity index (χ2v) is 6.55. The minimum absolute atomic E-state index is 0. The van der Waals surface area contributed by atoms with Crippen molar-refractivity contribution < 1.29 is 32.9 Å². The van der Waals surface area contributed by atoms with E-state index >= 15 is 0 Å². The van der Waals surface area contributed by atoms with Gasteiger partial charge in [-0.05, 0) is 43.7 Å². The van der Waals surface area contributed by atoms with Crippen LogP contribution in [-0.4, -0.2) is 4.57 Å². The molecule has 0 fully saturated rings. The number of hydrogen-bond donors (Lipinski definition) is 0. The summed E-state index contributed by atoms with van der Waals surface area (Å²) in [4.78, 5) is 0. The van der Waals surface area contributed by atoms with Gasteiger partial charge in [-0.15, -0.1) is 0 Å². The summed E-state index contributed by atoms with van der Waals surface area (Å²) in [5.41, 5.74) is 6.85. The summed E-state index contributed by atoms with van der Waals surface area (Å²) in [5.74, 6) is -0.211. The van der Waals surface area contributed by atoms with E-state index in [2.05, 4.69) is 48.7 Å². The number of fused-ring (bicyclic) bond motifs is 1. The first kappa shape index (κ1) is 18.6. The van der Waals surface area contributed by atoms with Gasteiger partial charge in [-0.2, -0.15) is 0 Å². The maximum absolute atomic E-state index is 13.4. The molecule has 2 aromatic heterocycles. The van der Waals surface area contributed by atoms with E-state index in [1.165, 1.54) is 23.1 Å². The zero-order valence-electron chi connectivity index (χ0n) is 15.0. The quantitative estimate of drug-likeness (QED) is 0.321. The summed E-state index contributed by atoms with van der Waals surface area (Å²) in [6.07, 6.45) is 4.10. The summed E-state index contributed by atoms with van der Waals surface area (Å²) in [6.45, 7) is 4.23. The molecule has 0 spiro atoms. The molecule has 4 heteroatoms. The second-order valence-electron chi connectivity index (χ2n) is 6.55. The van der Waals surface area contributed by atoms with E-state index in [0.717, 1.165) is 28.0 Å². The van der Waals surface area contributed by atoms with E-state index in [1.54, 1.807) is 0 Å². The third-order valence-corrected chi connectivity index (χ3v) is 4.71. The van der Waals surface area contributed by atoms with Gasteiger partial charge in [-0.1, -0.05) is 23.8 Å². The van der Waals surface area contributed by atoms with E-state index < -0.39 is 0 Å². The van der Waals surface area contributed by atoms with Crippen molar-refractivity contribution in [3.63, 3.8) is 0 Å². The Morgan fingerprint density at radius 2 is 1.54 bits per heavy atom. The molecule has 0 amide bonds. The number of benzene rings is 2. The summed E-state index contributed by atoms with van der Waals surface area (Å²) < 4.78 is 17.7. The van der Waals surface area contributed by atoms with Crippen LogP contribution < -0.4 is 28.5 Å². The highest BCUT2D eigenvalue weighted by molar-refractivity contribution is 5.99. The highest BCUT2D eigenvalue weighted by Gasteiger charge is 2.17. The fourth-order valence-electron chi connectivity index (χ4n) is 3.49. The first-order valence-corrected chi connectivity index (χ1v) is 8.38. The molecule has 0 N–H and O–H groups in total. The van der Waals surface area contributed by atoms with Crippen molar-refractivity contribution in [2.75, 3.05) is 0 Å². The molecule has 0 atom stereocenters. The summed E-state index contributed by atoms with van der Waals surface area (Å²) >= 11 is 0. The number of halogens is 2. The summed E-state index contributed by atoms with van der Waals surface area (Å²) in [6, 6.07) is 17.5. The second kappa shape index (κ2) is 7.19. The molecule has 0 aliphatic heterocycles. The van der Waals surface area contributed by atoms with Crippen molar-refractivity contribution in [2.24, 2.45) is 7.05 Å². The minimum Gasteiger partial charge on any atom is -1.00 e. The third kappa shape index (κ3) is 3.14. The van der Waals surface area contributed by atoms with Crippen molar-refractivity contribution in [1.29, 1.82) is 0 Å². The molecule has 132 valence electrons. The SMILES string of the molecule is Cc1ccc2c(c1)c(-c1ccc(F)cc1)c(C)n2-c1cc[n+](C)cc1.[I-]. The Hall–Kier alpha value is -2.21. The lowest BCUT2D eigenvalue weighted by Crippen LogP contribution is -3.00. The van der Waals surface area contributed by atoms with Crippen LogP contribution in [0, 0.1) is 19.7 Å². The molecule has 0 unspecified atom stereocenters. The van der Waals surface area contributed by atoms with E-state index in [4.69, 9.17) is 0 Å². The molecular weight excluding hydrogens is 438 g/mol. The molecule has 2 aromatic carbocycles. The molecule has 0 aliphatic carbocycles. The van der Waals surface area contributed by atoms with Gasteiger partial charge < -0.3 is 28.5 Å². The van der Waals surface area contributed by atoms with Crippen LogP contribution in [0.4, 0.5) is 4.39 Å². The predicted octanol–water partition coefficient (Wildman–Crippen LogP) is 1.88. The lowest BCUT2D eigenvalue weighted by molar-refractivity contribution is -0.671. The number of aryl methyl sites for hydroxylation is 2. The molecule has 26 heavy (non-hydrogen) atoms. The smallest absolute Gasteiger partial charge is 0.170 e. The Bertz CT molecular complexity index is 1060. The highest BCUT2D eigenvalue weighted by Crippen LogP contribution is 2.37. The van der Waals surface area contributed by atoms with E-state index in [9.17, 15) is 4.39 Å². The summed E-state index contributed by atoms with van der Waals surface area (Å²) in [7, 11) is 2.01. The van der Waals surface area contributed by atoms with Crippen molar-refractivity contribution in [1.82, 2.24) is 4.57 Å². The van der Waals surface area contributed by atoms with Crippen molar-refractivity contribution in [3.05, 3.63) is 84.1 Å². The number of pyridine rings is 1. The molecule has 2 heterocycles. The minimum atomic E-state index is -0.211. The van der Waals surface area contributed by atoms with Crippen LogP contribution in [0.25, 0.3) is 27.7 Å². The van der Waals surface area contributed by atoms with Gasteiger partial charge in [-0.3, -0.25) is 0 Å².